The highest BCUT2D eigenvalue weighted by molar-refractivity contribution is 5.88. The van der Waals surface area contributed by atoms with Crippen LogP contribution in [-0.4, -0.2) is 17.6 Å². The maximum Gasteiger partial charge on any atom is 0.416 e. The normalized spacial score (nSPS) is 15.8. The molecule has 1 aliphatic rings. The second-order valence-electron chi connectivity index (χ2n) is 6.84. The van der Waals surface area contributed by atoms with Gasteiger partial charge in [0, 0.05) is 11.8 Å². The molecule has 0 radical (unpaired) electrons. The summed E-state index contributed by atoms with van der Waals surface area (Å²) in [6.45, 7) is 1.75. The molecule has 0 saturated carbocycles. The van der Waals surface area contributed by atoms with E-state index in [9.17, 15) is 28.1 Å². The van der Waals surface area contributed by atoms with Gasteiger partial charge in [0.15, 0.2) is 0 Å². The molecule has 0 bridgehead atoms. The number of amides is 1. The molecule has 1 aliphatic carbocycles. The Morgan fingerprint density at radius 1 is 1.27 bits per heavy atom. The fraction of sp³-hybridized carbons (Fsp3) is 0.350. The van der Waals surface area contributed by atoms with Crippen LogP contribution in [0, 0.1) is 10.1 Å². The quantitative estimate of drug-likeness (QED) is 0.477. The zero-order chi connectivity index (χ0) is 21.9. The van der Waals surface area contributed by atoms with Crippen molar-refractivity contribution in [2.45, 2.75) is 38.4 Å². The zero-order valence-corrected chi connectivity index (χ0v) is 16.1. The predicted octanol–water partition coefficient (Wildman–Crippen LogP) is 5.67. The number of nitrogens with one attached hydrogen (secondary N) is 2. The summed E-state index contributed by atoms with van der Waals surface area (Å²) in [6.07, 6.45) is -3.09. The van der Waals surface area contributed by atoms with E-state index < -0.39 is 22.8 Å². The highest BCUT2D eigenvalue weighted by Crippen LogP contribution is 2.39. The fourth-order valence-corrected chi connectivity index (χ4v) is 3.48. The summed E-state index contributed by atoms with van der Waals surface area (Å²) >= 11 is 0. The van der Waals surface area contributed by atoms with Crippen molar-refractivity contribution in [1.82, 2.24) is 0 Å². The molecule has 1 amide bonds. The van der Waals surface area contributed by atoms with Gasteiger partial charge in [-0.25, -0.2) is 4.79 Å². The van der Waals surface area contributed by atoms with Crippen LogP contribution in [-0.2, 0) is 17.3 Å². The predicted molar refractivity (Wildman–Crippen MR) is 104 cm³/mol. The number of carbonyl (C=O) groups is 1. The highest BCUT2D eigenvalue weighted by atomic mass is 19.4. The first-order chi connectivity index (χ1) is 14.2. The number of halogens is 3. The molecular weight excluding hydrogens is 403 g/mol. The van der Waals surface area contributed by atoms with Gasteiger partial charge in [0.25, 0.3) is 5.69 Å². The molecule has 2 N–H and O–H groups in total. The molecule has 1 unspecified atom stereocenters. The number of ether oxygens (including phenoxy) is 1. The van der Waals surface area contributed by atoms with Gasteiger partial charge in [0.2, 0.25) is 0 Å². The highest BCUT2D eigenvalue weighted by Gasteiger charge is 2.30. The Labute approximate surface area is 170 Å². The number of hydrogen-bond acceptors (Lipinski definition) is 5. The van der Waals surface area contributed by atoms with Gasteiger partial charge in [-0.1, -0.05) is 0 Å². The van der Waals surface area contributed by atoms with Crippen LogP contribution in [0.25, 0.3) is 0 Å². The Hall–Kier alpha value is -3.30. The third-order valence-electron chi connectivity index (χ3n) is 4.83. The number of nitro benzene ring substituents is 1. The van der Waals surface area contributed by atoms with Gasteiger partial charge in [-0.3, -0.25) is 15.4 Å². The third-order valence-corrected chi connectivity index (χ3v) is 4.83. The van der Waals surface area contributed by atoms with E-state index in [0.717, 1.165) is 24.1 Å². The summed E-state index contributed by atoms with van der Waals surface area (Å²) in [4.78, 5) is 22.6. The molecular formula is C20H20F3N3O4. The van der Waals surface area contributed by atoms with Crippen LogP contribution < -0.4 is 10.6 Å². The lowest BCUT2D eigenvalue weighted by atomic mass is 9.86. The molecule has 3 rings (SSSR count). The van der Waals surface area contributed by atoms with Crippen LogP contribution in [0.4, 0.5) is 35.0 Å². The van der Waals surface area contributed by atoms with E-state index in [-0.39, 0.29) is 24.0 Å². The molecule has 0 saturated heterocycles. The number of fused-ring (bicyclic) bond motifs is 1. The second-order valence-corrected chi connectivity index (χ2v) is 6.84. The van der Waals surface area contributed by atoms with Crippen LogP contribution in [0.2, 0.25) is 0 Å². The number of rotatable bonds is 5. The first-order valence-electron chi connectivity index (χ1n) is 9.37. The number of aryl methyl sites for hydroxylation is 1. The van der Waals surface area contributed by atoms with Crippen molar-refractivity contribution >= 4 is 23.2 Å². The van der Waals surface area contributed by atoms with E-state index in [2.05, 4.69) is 10.6 Å². The van der Waals surface area contributed by atoms with E-state index in [1.165, 1.54) is 18.2 Å². The molecule has 0 heterocycles. The summed E-state index contributed by atoms with van der Waals surface area (Å²) in [6, 6.07) is 7.30. The van der Waals surface area contributed by atoms with E-state index in [4.69, 9.17) is 4.74 Å². The minimum absolute atomic E-state index is 0.0485. The van der Waals surface area contributed by atoms with E-state index in [1.54, 1.807) is 13.0 Å². The van der Waals surface area contributed by atoms with Crippen molar-refractivity contribution in [2.24, 2.45) is 0 Å². The van der Waals surface area contributed by atoms with Gasteiger partial charge in [-0.2, -0.15) is 13.2 Å². The number of hydrogen-bond donors (Lipinski definition) is 2. The molecule has 1 atom stereocenters. The van der Waals surface area contributed by atoms with Gasteiger partial charge >= 0.3 is 12.3 Å². The van der Waals surface area contributed by atoms with Gasteiger partial charge in [0.1, 0.15) is 5.69 Å². The largest absolute Gasteiger partial charge is 0.450 e. The molecule has 0 fully saturated rings. The van der Waals surface area contributed by atoms with Gasteiger partial charge in [-0.15, -0.1) is 0 Å². The Kier molecular flexibility index (Phi) is 6.14. The van der Waals surface area contributed by atoms with Crippen LogP contribution in [0.5, 0.6) is 0 Å². The topological polar surface area (TPSA) is 93.5 Å². The van der Waals surface area contributed by atoms with Crippen molar-refractivity contribution in [1.29, 1.82) is 0 Å². The van der Waals surface area contributed by atoms with Crippen molar-refractivity contribution in [3.05, 3.63) is 63.2 Å². The monoisotopic (exact) mass is 423 g/mol. The number of nitrogens with zero attached hydrogens (tertiary/aromatic N) is 1. The Balaban J connectivity index is 1.88. The zero-order valence-electron chi connectivity index (χ0n) is 16.1. The number of nitro groups is 1. The Bertz CT molecular complexity index is 946. The number of anilines is 2. The Morgan fingerprint density at radius 3 is 2.57 bits per heavy atom. The summed E-state index contributed by atoms with van der Waals surface area (Å²) in [5.41, 5.74) is 1.01. The van der Waals surface area contributed by atoms with Crippen LogP contribution in [0.3, 0.4) is 0 Å². The summed E-state index contributed by atoms with van der Waals surface area (Å²) in [5.74, 6) is 0. The minimum Gasteiger partial charge on any atom is -0.450 e. The lowest BCUT2D eigenvalue weighted by Gasteiger charge is -2.28. The van der Waals surface area contributed by atoms with Crippen LogP contribution in [0.15, 0.2) is 36.4 Å². The standard InChI is InChI=1S/C20H20F3N3O4/c1-2-30-19(27)25-17-10-12-4-3-5-16(15(12)11-18(17)26(28)29)24-14-8-6-13(7-9-14)20(21,22)23/h6-11,16,24H,2-5H2,1H3,(H,25,27). The van der Waals surface area contributed by atoms with Crippen molar-refractivity contribution in [2.75, 3.05) is 17.2 Å². The fourth-order valence-electron chi connectivity index (χ4n) is 3.48. The smallest absolute Gasteiger partial charge is 0.416 e. The first kappa shape index (κ1) is 21.4. The molecule has 7 nitrogen and oxygen atoms in total. The average Bonchev–Trinajstić information content (AvgIpc) is 2.67. The van der Waals surface area contributed by atoms with Crippen LogP contribution in [0.1, 0.15) is 42.5 Å². The van der Waals surface area contributed by atoms with Crippen molar-refractivity contribution < 1.29 is 27.6 Å². The van der Waals surface area contributed by atoms with E-state index in [1.807, 2.05) is 0 Å². The van der Waals surface area contributed by atoms with Gasteiger partial charge < -0.3 is 10.1 Å². The minimum atomic E-state index is -4.42. The van der Waals surface area contributed by atoms with Gasteiger partial charge in [0.05, 0.1) is 23.1 Å². The summed E-state index contributed by atoms with van der Waals surface area (Å²) in [5, 5.41) is 17.1. The maximum atomic E-state index is 12.7. The molecule has 0 spiro atoms. The second kappa shape index (κ2) is 8.60. The van der Waals surface area contributed by atoms with Crippen molar-refractivity contribution in [3.63, 3.8) is 0 Å². The Morgan fingerprint density at radius 2 is 1.97 bits per heavy atom. The number of carbonyl (C=O) groups excluding carboxylic acids is 1. The summed E-state index contributed by atoms with van der Waals surface area (Å²) in [7, 11) is 0. The average molecular weight is 423 g/mol. The molecule has 10 heteroatoms. The molecule has 0 aromatic heterocycles. The first-order valence-corrected chi connectivity index (χ1v) is 9.37. The lowest BCUT2D eigenvalue weighted by molar-refractivity contribution is -0.384. The van der Waals surface area contributed by atoms with E-state index >= 15 is 0 Å². The summed E-state index contributed by atoms with van der Waals surface area (Å²) < 4.78 is 43.0. The molecule has 0 aliphatic heterocycles. The van der Waals surface area contributed by atoms with E-state index in [0.29, 0.717) is 24.1 Å². The molecule has 30 heavy (non-hydrogen) atoms. The molecule has 2 aromatic carbocycles. The van der Waals surface area contributed by atoms with Gasteiger partial charge in [-0.05, 0) is 67.6 Å². The number of benzene rings is 2. The SMILES string of the molecule is CCOC(=O)Nc1cc2c(cc1[N+](=O)[O-])C(Nc1ccc(C(F)(F)F)cc1)CCC2. The number of alkyl halides is 3. The van der Waals surface area contributed by atoms with Crippen molar-refractivity contribution in [3.8, 4) is 0 Å². The molecule has 2 aromatic rings. The molecule has 160 valence electrons. The third kappa shape index (κ3) is 4.81. The lowest BCUT2D eigenvalue weighted by Crippen LogP contribution is -2.20. The van der Waals surface area contributed by atoms with Crippen LogP contribution >= 0.6 is 0 Å². The maximum absolute atomic E-state index is 12.7.